The van der Waals surface area contributed by atoms with Gasteiger partial charge in [-0.3, -0.25) is 9.69 Å². The first-order valence-electron chi connectivity index (χ1n) is 7.83. The van der Waals surface area contributed by atoms with Crippen molar-refractivity contribution in [1.29, 1.82) is 0 Å². The van der Waals surface area contributed by atoms with Gasteiger partial charge in [0.05, 0.1) is 5.41 Å². The molecule has 1 aliphatic carbocycles. The first-order valence-corrected chi connectivity index (χ1v) is 7.83. The van der Waals surface area contributed by atoms with Gasteiger partial charge in [0.2, 0.25) is 5.91 Å². The predicted molar refractivity (Wildman–Crippen MR) is 77.8 cm³/mol. The van der Waals surface area contributed by atoms with Crippen molar-refractivity contribution in [1.82, 2.24) is 10.2 Å². The van der Waals surface area contributed by atoms with Crippen LogP contribution in [0.5, 0.6) is 0 Å². The lowest BCUT2D eigenvalue weighted by molar-refractivity contribution is -0.131. The Kier molecular flexibility index (Phi) is 4.51. The van der Waals surface area contributed by atoms with Gasteiger partial charge < -0.3 is 11.1 Å². The van der Waals surface area contributed by atoms with Gasteiger partial charge in [-0.25, -0.2) is 0 Å². The van der Waals surface area contributed by atoms with E-state index in [4.69, 9.17) is 5.73 Å². The Hall–Kier alpha value is -0.610. The van der Waals surface area contributed by atoms with Gasteiger partial charge in [0.1, 0.15) is 0 Å². The number of carbonyl (C=O) groups excluding carboxylic acids is 1. The second-order valence-electron chi connectivity index (χ2n) is 6.37. The van der Waals surface area contributed by atoms with E-state index in [-0.39, 0.29) is 11.3 Å². The number of likely N-dealkylation sites (tertiary alicyclic amines) is 1. The second-order valence-corrected chi connectivity index (χ2v) is 6.37. The summed E-state index contributed by atoms with van der Waals surface area (Å²) in [5, 5.41) is 3.26. The number of hydrogen-bond donors (Lipinski definition) is 2. The Morgan fingerprint density at radius 2 is 2.00 bits per heavy atom. The van der Waals surface area contributed by atoms with Crippen LogP contribution in [0, 0.1) is 5.41 Å². The second kappa shape index (κ2) is 5.80. The molecular formula is C15H29N3O. The topological polar surface area (TPSA) is 58.4 Å². The fourth-order valence-corrected chi connectivity index (χ4v) is 3.37. The third kappa shape index (κ3) is 2.95. The maximum atomic E-state index is 12.5. The summed E-state index contributed by atoms with van der Waals surface area (Å²) >= 11 is 0. The Morgan fingerprint density at radius 3 is 2.47 bits per heavy atom. The van der Waals surface area contributed by atoms with Gasteiger partial charge in [-0.1, -0.05) is 13.8 Å². The summed E-state index contributed by atoms with van der Waals surface area (Å²) in [6.07, 6.45) is 5.39. The number of nitrogens with two attached hydrogens (primary N) is 1. The summed E-state index contributed by atoms with van der Waals surface area (Å²) in [5.74, 6) is 0.162. The smallest absolute Gasteiger partial charge is 0.227 e. The summed E-state index contributed by atoms with van der Waals surface area (Å²) in [5.41, 5.74) is 5.48. The predicted octanol–water partition coefficient (Wildman–Crippen LogP) is 1.49. The summed E-state index contributed by atoms with van der Waals surface area (Å²) in [4.78, 5) is 15.1. The lowest BCUT2D eigenvalue weighted by Crippen LogP contribution is -2.49. The van der Waals surface area contributed by atoms with Crippen LogP contribution >= 0.6 is 0 Å². The minimum Gasteiger partial charge on any atom is -0.351 e. The highest BCUT2D eigenvalue weighted by Crippen LogP contribution is 2.34. The normalized spacial score (nSPS) is 28.6. The lowest BCUT2D eigenvalue weighted by atomic mass is 9.81. The number of hydrogen-bond acceptors (Lipinski definition) is 3. The fraction of sp³-hybridized carbons (Fsp3) is 0.933. The SMILES string of the molecule is CCC(CC)(CN)C(=O)NC1CC(C)N(C2CC2)C1. The van der Waals surface area contributed by atoms with Gasteiger partial charge in [0.15, 0.2) is 0 Å². The first-order chi connectivity index (χ1) is 9.06. The van der Waals surface area contributed by atoms with Crippen molar-refractivity contribution in [2.45, 2.75) is 71.0 Å². The summed E-state index contributed by atoms with van der Waals surface area (Å²) in [7, 11) is 0. The molecule has 1 heterocycles. The van der Waals surface area contributed by atoms with E-state index in [0.29, 0.717) is 18.6 Å². The molecule has 0 aromatic rings. The van der Waals surface area contributed by atoms with Crippen molar-refractivity contribution in [3.8, 4) is 0 Å². The largest absolute Gasteiger partial charge is 0.351 e. The van der Waals surface area contributed by atoms with Crippen molar-refractivity contribution >= 4 is 5.91 Å². The fourth-order valence-electron chi connectivity index (χ4n) is 3.37. The molecule has 2 unspecified atom stereocenters. The maximum Gasteiger partial charge on any atom is 0.227 e. The first kappa shape index (κ1) is 14.8. The van der Waals surface area contributed by atoms with Crippen molar-refractivity contribution in [3.63, 3.8) is 0 Å². The molecule has 2 atom stereocenters. The molecule has 0 radical (unpaired) electrons. The molecule has 0 spiro atoms. The minimum atomic E-state index is -0.365. The number of nitrogens with one attached hydrogen (secondary N) is 1. The van der Waals surface area contributed by atoms with E-state index in [1.54, 1.807) is 0 Å². The highest BCUT2D eigenvalue weighted by molar-refractivity contribution is 5.83. The standard InChI is InChI=1S/C15H29N3O/c1-4-15(5-2,10-16)14(19)17-12-8-11(3)18(9-12)13-6-7-13/h11-13H,4-10,16H2,1-3H3,(H,17,19). The number of amides is 1. The van der Waals surface area contributed by atoms with Crippen LogP contribution in [0.15, 0.2) is 0 Å². The Morgan fingerprint density at radius 1 is 1.37 bits per heavy atom. The molecule has 0 aromatic carbocycles. The molecule has 0 bridgehead atoms. The van der Waals surface area contributed by atoms with E-state index in [1.807, 2.05) is 0 Å². The van der Waals surface area contributed by atoms with E-state index in [9.17, 15) is 4.79 Å². The van der Waals surface area contributed by atoms with Crippen LogP contribution in [0.4, 0.5) is 0 Å². The molecule has 2 fully saturated rings. The van der Waals surface area contributed by atoms with E-state index >= 15 is 0 Å². The molecule has 1 amide bonds. The van der Waals surface area contributed by atoms with Crippen molar-refractivity contribution in [2.24, 2.45) is 11.1 Å². The average Bonchev–Trinajstić information content (AvgIpc) is 3.17. The van der Waals surface area contributed by atoms with Gasteiger partial charge >= 0.3 is 0 Å². The lowest BCUT2D eigenvalue weighted by Gasteiger charge is -2.30. The Bertz CT molecular complexity index is 315. The Labute approximate surface area is 117 Å². The van der Waals surface area contributed by atoms with E-state index in [0.717, 1.165) is 31.8 Å². The molecule has 2 rings (SSSR count). The van der Waals surface area contributed by atoms with Gasteiger partial charge in [0, 0.05) is 31.2 Å². The average molecular weight is 267 g/mol. The summed E-state index contributed by atoms with van der Waals surface area (Å²) in [6.45, 7) is 7.86. The third-order valence-corrected chi connectivity index (χ3v) is 5.20. The molecule has 1 aliphatic heterocycles. The molecule has 0 aromatic heterocycles. The summed E-state index contributed by atoms with van der Waals surface area (Å²) in [6, 6.07) is 1.70. The highest BCUT2D eigenvalue weighted by Gasteiger charge is 2.41. The maximum absolute atomic E-state index is 12.5. The highest BCUT2D eigenvalue weighted by atomic mass is 16.2. The molecule has 3 N–H and O–H groups in total. The monoisotopic (exact) mass is 267 g/mol. The molecule has 2 aliphatic rings. The molecule has 4 heteroatoms. The zero-order chi connectivity index (χ0) is 14.0. The van der Waals surface area contributed by atoms with E-state index in [2.05, 4.69) is 31.0 Å². The number of carbonyl (C=O) groups is 1. The molecule has 19 heavy (non-hydrogen) atoms. The van der Waals surface area contributed by atoms with Gasteiger partial charge in [-0.05, 0) is 39.0 Å². The van der Waals surface area contributed by atoms with Crippen LogP contribution in [0.25, 0.3) is 0 Å². The van der Waals surface area contributed by atoms with Gasteiger partial charge in [-0.2, -0.15) is 0 Å². The number of rotatable bonds is 6. The molecule has 1 saturated heterocycles. The minimum absolute atomic E-state index is 0.162. The molecule has 110 valence electrons. The van der Waals surface area contributed by atoms with Crippen LogP contribution < -0.4 is 11.1 Å². The molecule has 4 nitrogen and oxygen atoms in total. The van der Waals surface area contributed by atoms with E-state index in [1.165, 1.54) is 12.8 Å². The molecule has 1 saturated carbocycles. The Balaban J connectivity index is 1.92. The van der Waals surface area contributed by atoms with Crippen molar-refractivity contribution in [2.75, 3.05) is 13.1 Å². The van der Waals surface area contributed by atoms with Crippen molar-refractivity contribution < 1.29 is 4.79 Å². The summed E-state index contributed by atoms with van der Waals surface area (Å²) < 4.78 is 0. The van der Waals surface area contributed by atoms with Gasteiger partial charge in [0.25, 0.3) is 0 Å². The van der Waals surface area contributed by atoms with Crippen LogP contribution in [-0.2, 0) is 4.79 Å². The molecular weight excluding hydrogens is 238 g/mol. The van der Waals surface area contributed by atoms with Crippen LogP contribution in [0.3, 0.4) is 0 Å². The van der Waals surface area contributed by atoms with Crippen LogP contribution in [0.2, 0.25) is 0 Å². The number of nitrogens with zero attached hydrogens (tertiary/aromatic N) is 1. The van der Waals surface area contributed by atoms with Crippen LogP contribution in [-0.4, -0.2) is 42.0 Å². The third-order valence-electron chi connectivity index (χ3n) is 5.20. The zero-order valence-corrected chi connectivity index (χ0v) is 12.6. The van der Waals surface area contributed by atoms with Crippen LogP contribution in [0.1, 0.15) is 52.9 Å². The van der Waals surface area contributed by atoms with Gasteiger partial charge in [-0.15, -0.1) is 0 Å². The quantitative estimate of drug-likeness (QED) is 0.766. The van der Waals surface area contributed by atoms with E-state index < -0.39 is 0 Å². The van der Waals surface area contributed by atoms with Crippen molar-refractivity contribution in [3.05, 3.63) is 0 Å². The zero-order valence-electron chi connectivity index (χ0n) is 12.6.